The van der Waals surface area contributed by atoms with Gasteiger partial charge in [0.05, 0.1) is 6.10 Å². The molecule has 19 heavy (non-hydrogen) atoms. The molecule has 1 heterocycles. The standard InChI is InChI=1S/C13H17BrN2O2.ClH/c14-10-3-1-9(2-4-10)8-16-13(17)12-6-5-11(7-15)18-12;/h1-4,11-12H,5-8,15H2,(H,16,17);1H/t11-,12+;/m1./s1. The number of carbonyl (C=O) groups is 1. The third kappa shape index (κ3) is 4.76. The fraction of sp³-hybridized carbons (Fsp3) is 0.462. The Morgan fingerprint density at radius 3 is 2.63 bits per heavy atom. The second kappa shape index (κ2) is 7.85. The van der Waals surface area contributed by atoms with Crippen LogP contribution < -0.4 is 11.1 Å². The van der Waals surface area contributed by atoms with Crippen LogP contribution in [0.4, 0.5) is 0 Å². The monoisotopic (exact) mass is 348 g/mol. The van der Waals surface area contributed by atoms with Crippen molar-refractivity contribution in [2.24, 2.45) is 5.73 Å². The van der Waals surface area contributed by atoms with E-state index < -0.39 is 0 Å². The lowest BCUT2D eigenvalue weighted by atomic mass is 10.2. The second-order valence-electron chi connectivity index (χ2n) is 4.40. The molecule has 1 aromatic rings. The molecule has 0 aliphatic carbocycles. The molecule has 0 saturated carbocycles. The van der Waals surface area contributed by atoms with Gasteiger partial charge >= 0.3 is 0 Å². The summed E-state index contributed by atoms with van der Waals surface area (Å²) in [6.07, 6.45) is 1.32. The number of hydrogen-bond donors (Lipinski definition) is 2. The van der Waals surface area contributed by atoms with E-state index in [1.807, 2.05) is 24.3 Å². The summed E-state index contributed by atoms with van der Waals surface area (Å²) in [5.74, 6) is -0.0473. The SMILES string of the molecule is Cl.NC[C@H]1CC[C@@H](C(=O)NCc2ccc(Br)cc2)O1. The highest BCUT2D eigenvalue weighted by atomic mass is 79.9. The predicted octanol–water partition coefficient (Wildman–Crippen LogP) is 1.99. The first kappa shape index (κ1) is 16.4. The van der Waals surface area contributed by atoms with Gasteiger partial charge in [0, 0.05) is 17.6 Å². The molecule has 0 aromatic heterocycles. The van der Waals surface area contributed by atoms with E-state index in [-0.39, 0.29) is 30.5 Å². The molecule has 1 fully saturated rings. The van der Waals surface area contributed by atoms with Crippen LogP contribution in [0.1, 0.15) is 18.4 Å². The van der Waals surface area contributed by atoms with Crippen molar-refractivity contribution in [2.75, 3.05) is 6.54 Å². The fourth-order valence-corrected chi connectivity index (χ4v) is 2.24. The summed E-state index contributed by atoms with van der Waals surface area (Å²) in [7, 11) is 0. The molecule has 1 amide bonds. The maximum atomic E-state index is 11.9. The number of halogens is 2. The average Bonchev–Trinajstić information content (AvgIpc) is 2.86. The lowest BCUT2D eigenvalue weighted by Crippen LogP contribution is -2.35. The van der Waals surface area contributed by atoms with Crippen molar-refractivity contribution in [1.82, 2.24) is 5.32 Å². The first-order valence-corrected chi connectivity index (χ1v) is 6.86. The maximum absolute atomic E-state index is 11.9. The van der Waals surface area contributed by atoms with Crippen molar-refractivity contribution in [3.8, 4) is 0 Å². The van der Waals surface area contributed by atoms with Gasteiger partial charge < -0.3 is 15.8 Å². The van der Waals surface area contributed by atoms with Gasteiger partial charge in [-0.2, -0.15) is 0 Å². The van der Waals surface area contributed by atoms with E-state index in [4.69, 9.17) is 10.5 Å². The summed E-state index contributed by atoms with van der Waals surface area (Å²) in [4.78, 5) is 11.9. The molecule has 0 bridgehead atoms. The molecule has 6 heteroatoms. The van der Waals surface area contributed by atoms with E-state index in [1.54, 1.807) is 0 Å². The number of rotatable bonds is 4. The highest BCUT2D eigenvalue weighted by Crippen LogP contribution is 2.19. The molecule has 3 N–H and O–H groups in total. The van der Waals surface area contributed by atoms with Crippen molar-refractivity contribution in [2.45, 2.75) is 31.6 Å². The Balaban J connectivity index is 0.00000180. The number of nitrogens with one attached hydrogen (secondary N) is 1. The minimum atomic E-state index is -0.339. The van der Waals surface area contributed by atoms with E-state index in [0.717, 1.165) is 22.9 Å². The van der Waals surface area contributed by atoms with E-state index in [0.29, 0.717) is 13.1 Å². The molecule has 1 saturated heterocycles. The van der Waals surface area contributed by atoms with Crippen LogP contribution in [0.25, 0.3) is 0 Å². The number of carbonyl (C=O) groups excluding carboxylic acids is 1. The van der Waals surface area contributed by atoms with Gasteiger partial charge in [-0.25, -0.2) is 0 Å². The summed E-state index contributed by atoms with van der Waals surface area (Å²) in [5, 5.41) is 2.88. The molecule has 2 rings (SSSR count). The Morgan fingerprint density at radius 1 is 1.37 bits per heavy atom. The van der Waals surface area contributed by atoms with E-state index >= 15 is 0 Å². The zero-order valence-electron chi connectivity index (χ0n) is 10.5. The minimum Gasteiger partial charge on any atom is -0.364 e. The van der Waals surface area contributed by atoms with Crippen LogP contribution in [0.3, 0.4) is 0 Å². The van der Waals surface area contributed by atoms with Gasteiger partial charge in [0.25, 0.3) is 0 Å². The first-order chi connectivity index (χ1) is 8.69. The Labute approximate surface area is 127 Å². The zero-order valence-corrected chi connectivity index (χ0v) is 12.9. The molecule has 0 unspecified atom stereocenters. The zero-order chi connectivity index (χ0) is 13.0. The van der Waals surface area contributed by atoms with Gasteiger partial charge in [-0.05, 0) is 30.5 Å². The Morgan fingerprint density at radius 2 is 2.05 bits per heavy atom. The number of nitrogens with two attached hydrogens (primary N) is 1. The minimum absolute atomic E-state index is 0. The smallest absolute Gasteiger partial charge is 0.249 e. The molecular formula is C13H18BrClN2O2. The van der Waals surface area contributed by atoms with Gasteiger partial charge in [-0.15, -0.1) is 12.4 Å². The summed E-state index contributed by atoms with van der Waals surface area (Å²) in [6.45, 7) is 1.01. The molecule has 1 aliphatic rings. The quantitative estimate of drug-likeness (QED) is 0.874. The molecule has 0 radical (unpaired) electrons. The van der Waals surface area contributed by atoms with Crippen molar-refractivity contribution in [1.29, 1.82) is 0 Å². The van der Waals surface area contributed by atoms with Gasteiger partial charge in [-0.3, -0.25) is 4.79 Å². The Bertz CT molecular complexity index is 414. The number of hydrogen-bond acceptors (Lipinski definition) is 3. The summed E-state index contributed by atoms with van der Waals surface area (Å²) in [6, 6.07) is 7.86. The Kier molecular flexibility index (Phi) is 6.79. The van der Waals surface area contributed by atoms with Crippen LogP contribution in [-0.4, -0.2) is 24.7 Å². The summed E-state index contributed by atoms with van der Waals surface area (Å²) >= 11 is 3.37. The summed E-state index contributed by atoms with van der Waals surface area (Å²) < 4.78 is 6.57. The molecular weight excluding hydrogens is 332 g/mol. The second-order valence-corrected chi connectivity index (χ2v) is 5.32. The van der Waals surface area contributed by atoms with Crippen LogP contribution in [0, 0.1) is 0 Å². The topological polar surface area (TPSA) is 64.4 Å². The fourth-order valence-electron chi connectivity index (χ4n) is 1.98. The van der Waals surface area contributed by atoms with Crippen LogP contribution in [0.5, 0.6) is 0 Å². The highest BCUT2D eigenvalue weighted by molar-refractivity contribution is 9.10. The van der Waals surface area contributed by atoms with E-state index in [1.165, 1.54) is 0 Å². The normalized spacial score (nSPS) is 21.8. The van der Waals surface area contributed by atoms with Crippen molar-refractivity contribution >= 4 is 34.2 Å². The highest BCUT2D eigenvalue weighted by Gasteiger charge is 2.29. The molecule has 1 aliphatic heterocycles. The lowest BCUT2D eigenvalue weighted by molar-refractivity contribution is -0.132. The number of amides is 1. The van der Waals surface area contributed by atoms with Crippen LogP contribution in [0.15, 0.2) is 28.7 Å². The summed E-state index contributed by atoms with van der Waals surface area (Å²) in [5.41, 5.74) is 6.58. The van der Waals surface area contributed by atoms with Gasteiger partial charge in [0.15, 0.2) is 0 Å². The van der Waals surface area contributed by atoms with Crippen LogP contribution in [0.2, 0.25) is 0 Å². The molecule has 106 valence electrons. The van der Waals surface area contributed by atoms with E-state index in [9.17, 15) is 4.79 Å². The lowest BCUT2D eigenvalue weighted by Gasteiger charge is -2.12. The average molecular weight is 350 g/mol. The van der Waals surface area contributed by atoms with Gasteiger partial charge in [0.1, 0.15) is 6.10 Å². The number of benzene rings is 1. The van der Waals surface area contributed by atoms with Gasteiger partial charge in [-0.1, -0.05) is 28.1 Å². The Hall–Kier alpha value is -0.620. The number of ether oxygens (including phenoxy) is 1. The third-order valence-corrected chi connectivity index (χ3v) is 3.57. The third-order valence-electron chi connectivity index (χ3n) is 3.04. The largest absolute Gasteiger partial charge is 0.364 e. The first-order valence-electron chi connectivity index (χ1n) is 6.06. The van der Waals surface area contributed by atoms with Crippen LogP contribution in [-0.2, 0) is 16.1 Å². The molecule has 1 aromatic carbocycles. The van der Waals surface area contributed by atoms with E-state index in [2.05, 4.69) is 21.2 Å². The predicted molar refractivity (Wildman–Crippen MR) is 80.2 cm³/mol. The maximum Gasteiger partial charge on any atom is 0.249 e. The molecule has 4 nitrogen and oxygen atoms in total. The molecule has 0 spiro atoms. The van der Waals surface area contributed by atoms with Crippen molar-refractivity contribution in [3.05, 3.63) is 34.3 Å². The van der Waals surface area contributed by atoms with Crippen molar-refractivity contribution < 1.29 is 9.53 Å². The van der Waals surface area contributed by atoms with Crippen LogP contribution >= 0.6 is 28.3 Å². The van der Waals surface area contributed by atoms with Gasteiger partial charge in [0.2, 0.25) is 5.91 Å². The van der Waals surface area contributed by atoms with Crippen molar-refractivity contribution in [3.63, 3.8) is 0 Å². The molecule has 2 atom stereocenters.